The van der Waals surface area contributed by atoms with Crippen molar-refractivity contribution in [2.45, 2.75) is 7.43 Å². The maximum atomic E-state index is 8.00. The van der Waals surface area contributed by atoms with Crippen LogP contribution in [0, 0.1) is 42.5 Å². The van der Waals surface area contributed by atoms with E-state index in [1.807, 2.05) is 0 Å². The second-order valence-corrected chi connectivity index (χ2v) is 7.81. The molecule has 0 aliphatic carbocycles. The van der Waals surface area contributed by atoms with Crippen LogP contribution >= 0.6 is 47.1 Å². The van der Waals surface area contributed by atoms with E-state index >= 15 is 0 Å². The van der Waals surface area contributed by atoms with Gasteiger partial charge in [0.1, 0.15) is 0 Å². The quantitative estimate of drug-likeness (QED) is 0.148. The average molecular weight is 1060 g/mol. The maximum Gasteiger partial charge on any atom is -0.171 e. The van der Waals surface area contributed by atoms with Gasteiger partial charge in [0.25, 0.3) is 0 Å². The predicted molar refractivity (Wildman–Crippen MR) is 121 cm³/mol. The summed E-state index contributed by atoms with van der Waals surface area (Å²) in [5, 5.41) is 18.0. The van der Waals surface area contributed by atoms with Gasteiger partial charge in [-0.3, -0.25) is 0 Å². The molecule has 0 spiro atoms. The van der Waals surface area contributed by atoms with Gasteiger partial charge in [0, 0.05) is 0 Å². The zero-order valence-corrected chi connectivity index (χ0v) is 24.9. The number of rotatable bonds is 2. The summed E-state index contributed by atoms with van der Waals surface area (Å²) in [7, 11) is 24.1. The molecule has 0 saturated carbocycles. The van der Waals surface area contributed by atoms with Crippen molar-refractivity contribution >= 4 is 47.1 Å². The summed E-state index contributed by atoms with van der Waals surface area (Å²) >= 11 is 0.667. The third kappa shape index (κ3) is 1240. The molecule has 0 amide bonds. The molecule has 12 nitrogen and oxygen atoms in total. The van der Waals surface area contributed by atoms with Crippen LogP contribution in [0.3, 0.4) is 0 Å². The molecule has 0 atom stereocenters. The fourth-order valence-electron chi connectivity index (χ4n) is 0. The van der Waals surface area contributed by atoms with Gasteiger partial charge in [-0.1, -0.05) is 7.43 Å². The Labute approximate surface area is 218 Å². The van der Waals surface area contributed by atoms with Gasteiger partial charge in [0.15, 0.2) is 0 Å². The van der Waals surface area contributed by atoms with Crippen LogP contribution in [0.2, 0.25) is 0 Å². The normalized spacial score (nSPS) is 4.82. The first-order chi connectivity index (χ1) is 10.5. The van der Waals surface area contributed by atoms with Gasteiger partial charge in [-0.25, -0.2) is 0 Å². The van der Waals surface area contributed by atoms with Crippen molar-refractivity contribution < 1.29 is 51.7 Å². The van der Waals surface area contributed by atoms with Gasteiger partial charge in [0.05, 0.1) is 0 Å². The van der Waals surface area contributed by atoms with Gasteiger partial charge in [-0.05, 0) is 0 Å². The molecular weight excluding hydrogens is 1030 g/mol. The second kappa shape index (κ2) is 226. The Morgan fingerprint density at radius 1 is 0.679 bits per heavy atom. The van der Waals surface area contributed by atoms with E-state index in [1.54, 1.807) is 18.8 Å². The molecule has 0 aromatic heterocycles. The Bertz CT molecular complexity index is 128. The van der Waals surface area contributed by atoms with Crippen molar-refractivity contribution in [2.75, 3.05) is 26.2 Å². The number of nitrogens with one attached hydrogen (secondary N) is 4. The molecule has 0 unspecified atom stereocenters. The molecular formula is C8H29Cl5N8O4Pt3-11. The zero-order valence-electron chi connectivity index (χ0n) is 14.3. The van der Waals surface area contributed by atoms with Crippen molar-refractivity contribution in [1.29, 1.82) is 0 Å². The van der Waals surface area contributed by atoms with E-state index in [9.17, 15) is 0 Å². The van der Waals surface area contributed by atoms with E-state index < -0.39 is 33.0 Å². The van der Waals surface area contributed by atoms with E-state index in [0.29, 0.717) is 0 Å². The van der Waals surface area contributed by atoms with Crippen LogP contribution in [-0.4, -0.2) is 26.2 Å². The van der Waals surface area contributed by atoms with Gasteiger partial charge in [0.2, 0.25) is 0 Å². The van der Waals surface area contributed by atoms with Crippen molar-refractivity contribution in [3.05, 3.63) is 77.7 Å². The van der Waals surface area contributed by atoms with Gasteiger partial charge >= 0.3 is 98.8 Å². The standard InChI is InChI=1S/2C2H6N2.CH4.3CH3.5ClH.2HNO2.2H2N.3Pt/c2*3-1-2-4;;;;;;;;;;2*2-1-3;;;;;/h2*3-4H,1-2H2;1H4;3*1H3;5*1H;2*(H,2,3);2*1H2;;;/q2*-2;;3*-1;;;;;;;;2*-1;+1;2*+2/p-7. The Hall–Kier alpha value is 2.07. The molecule has 0 fully saturated rings. The Kier molecular flexibility index (Phi) is 703. The number of hydrogen-bond acceptors (Lipinski definition) is 6. The van der Waals surface area contributed by atoms with Crippen molar-refractivity contribution in [1.82, 2.24) is 0 Å². The average Bonchev–Trinajstić information content (AvgIpc) is 2.52. The van der Waals surface area contributed by atoms with E-state index in [0.717, 1.165) is 10.7 Å². The molecule has 8 N–H and O–H groups in total. The van der Waals surface area contributed by atoms with E-state index in [1.165, 1.54) is 0 Å². The Balaban J connectivity index is -0.00000000830. The largest absolute Gasteiger partial charge is 0.693 e. The third-order valence-corrected chi connectivity index (χ3v) is 0.250. The van der Waals surface area contributed by atoms with E-state index in [4.69, 9.17) is 80.8 Å². The van der Waals surface area contributed by atoms with Crippen molar-refractivity contribution in [3.63, 3.8) is 0 Å². The molecule has 0 aromatic carbocycles. The van der Waals surface area contributed by atoms with Gasteiger partial charge in [-0.2, -0.15) is 26.2 Å². The SMILES string of the molecule is C.O=N[O-].O=N[O-].[CH3-].[CH3-].[CH3-].[Cl][Pt].[Cl][Pt][Cl].[Cl][Pt][Cl].[NH-]CC[NH-].[NH-]CC[NH-].[NH2-].[NH2-]. The van der Waals surface area contributed by atoms with Crippen LogP contribution in [0.5, 0.6) is 0 Å². The summed E-state index contributed by atoms with van der Waals surface area (Å²) < 4.78 is 0. The van der Waals surface area contributed by atoms with Crippen molar-refractivity contribution in [3.8, 4) is 0 Å². The summed E-state index contributed by atoms with van der Waals surface area (Å²) in [4.78, 5) is 16.0. The van der Waals surface area contributed by atoms with E-state index in [-0.39, 0.29) is 68.2 Å². The second-order valence-electron chi connectivity index (χ2n) is 1.24. The summed E-state index contributed by atoms with van der Waals surface area (Å²) in [5.41, 5.74) is 25.1. The number of hydrogen-bond donors (Lipinski definition) is 0. The number of nitrogens with zero attached hydrogens (tertiary/aromatic N) is 2. The molecule has 0 radical (unpaired) electrons. The monoisotopic (exact) mass is 1060 g/mol. The molecule has 0 aromatic rings. The maximum absolute atomic E-state index is 8.00. The number of nitrogens with two attached hydrogens (primary N) is 2. The summed E-state index contributed by atoms with van der Waals surface area (Å²) in [5.74, 6) is 0. The summed E-state index contributed by atoms with van der Waals surface area (Å²) in [6.45, 7) is 0.944. The van der Waals surface area contributed by atoms with Crippen molar-refractivity contribution in [2.24, 2.45) is 10.7 Å². The van der Waals surface area contributed by atoms with Crippen LogP contribution < -0.4 is 0 Å². The molecule has 0 aliphatic rings. The minimum Gasteiger partial charge on any atom is -0.693 e. The fourth-order valence-corrected chi connectivity index (χ4v) is 0. The van der Waals surface area contributed by atoms with E-state index in [2.05, 4.69) is 9.42 Å². The Morgan fingerprint density at radius 3 is 0.714 bits per heavy atom. The first-order valence-corrected chi connectivity index (χ1v) is 17.8. The molecule has 0 aliphatic heterocycles. The topological polar surface area (TPSA) is 267 Å². The first-order valence-electron chi connectivity index (χ1n) is 3.74. The molecule has 201 valence electrons. The molecule has 28 heavy (non-hydrogen) atoms. The van der Waals surface area contributed by atoms with Crippen LogP contribution in [0.4, 0.5) is 0 Å². The molecule has 20 heteroatoms. The molecule has 0 rings (SSSR count). The van der Waals surface area contributed by atoms with Crippen LogP contribution in [-0.2, 0) is 51.7 Å². The summed E-state index contributed by atoms with van der Waals surface area (Å²) in [6, 6.07) is 0. The van der Waals surface area contributed by atoms with Crippen LogP contribution in [0.25, 0.3) is 35.2 Å². The van der Waals surface area contributed by atoms with Crippen LogP contribution in [0.1, 0.15) is 7.43 Å². The smallest absolute Gasteiger partial charge is 0.171 e. The predicted octanol–water partition coefficient (Wildman–Crippen LogP) is 9.54. The Morgan fingerprint density at radius 2 is 0.714 bits per heavy atom. The van der Waals surface area contributed by atoms with Gasteiger partial charge < -0.3 is 77.7 Å². The summed E-state index contributed by atoms with van der Waals surface area (Å²) in [6.07, 6.45) is 0. The first kappa shape index (κ1) is 87.2. The minimum atomic E-state index is -0.472. The number of halogens is 5. The fraction of sp³-hybridized carbons (Fsp3) is 0.625. The zero-order chi connectivity index (χ0) is 19.7. The molecule has 0 bridgehead atoms. The third-order valence-electron chi connectivity index (χ3n) is 0.250. The van der Waals surface area contributed by atoms with Crippen LogP contribution in [0.15, 0.2) is 10.7 Å². The molecule has 0 saturated heterocycles. The molecule has 0 heterocycles. The van der Waals surface area contributed by atoms with Gasteiger partial charge in [-0.15, -0.1) is 10.7 Å². The minimum absolute atomic E-state index is 0.